The van der Waals surface area contributed by atoms with E-state index in [1.54, 1.807) is 0 Å². The Bertz CT molecular complexity index is 674. The van der Waals surface area contributed by atoms with Gasteiger partial charge in [0.15, 0.2) is 0 Å². The van der Waals surface area contributed by atoms with Crippen molar-refractivity contribution in [2.24, 2.45) is 0 Å². The number of carbonyl (C=O) groups is 1. The first-order valence-electron chi connectivity index (χ1n) is 9.86. The molecule has 1 aromatic carbocycles. The van der Waals surface area contributed by atoms with Crippen LogP contribution in [0.5, 0.6) is 0 Å². The van der Waals surface area contributed by atoms with Gasteiger partial charge < -0.3 is 14.5 Å². The van der Waals surface area contributed by atoms with Crippen molar-refractivity contribution in [2.75, 3.05) is 58.4 Å². The van der Waals surface area contributed by atoms with Crippen LogP contribution in [-0.4, -0.2) is 75.2 Å². The van der Waals surface area contributed by atoms with Crippen molar-refractivity contribution in [1.82, 2.24) is 9.80 Å². The maximum Gasteiger partial charge on any atom is 0.241 e. The molecule has 0 radical (unpaired) electrons. The van der Waals surface area contributed by atoms with Gasteiger partial charge in [0, 0.05) is 30.3 Å². The number of hydrogen-bond acceptors (Lipinski definition) is 4. The number of aryl methyl sites for hydroxylation is 1. The minimum atomic E-state index is 0.124. The van der Waals surface area contributed by atoms with Crippen LogP contribution in [0.3, 0.4) is 0 Å². The fourth-order valence-electron chi connectivity index (χ4n) is 4.92. The Kier molecular flexibility index (Phi) is 4.80. The first-order valence-corrected chi connectivity index (χ1v) is 9.86. The molecule has 5 nitrogen and oxygen atoms in total. The highest BCUT2D eigenvalue weighted by Crippen LogP contribution is 2.47. The van der Waals surface area contributed by atoms with Gasteiger partial charge in [-0.05, 0) is 65.0 Å². The number of ether oxygens (including phenoxy) is 1. The molecule has 1 aromatic rings. The quantitative estimate of drug-likeness (QED) is 0.829. The first kappa shape index (κ1) is 18.0. The topological polar surface area (TPSA) is 36.0 Å². The molecular weight excluding hydrogens is 326 g/mol. The summed E-state index contributed by atoms with van der Waals surface area (Å²) >= 11 is 0. The second-order valence-electron chi connectivity index (χ2n) is 8.57. The molecule has 5 heteroatoms. The largest absolute Gasteiger partial charge is 0.380 e. The van der Waals surface area contributed by atoms with Crippen LogP contribution >= 0.6 is 0 Å². The van der Waals surface area contributed by atoms with E-state index >= 15 is 0 Å². The predicted octanol–water partition coefficient (Wildman–Crippen LogP) is 2.03. The number of anilines is 1. The lowest BCUT2D eigenvalue weighted by atomic mass is 9.73. The summed E-state index contributed by atoms with van der Waals surface area (Å²) in [7, 11) is 3.92. The van der Waals surface area contributed by atoms with Crippen LogP contribution in [-0.2, 0) is 14.9 Å². The van der Waals surface area contributed by atoms with Gasteiger partial charge in [-0.15, -0.1) is 0 Å². The zero-order valence-corrected chi connectivity index (χ0v) is 16.3. The van der Waals surface area contributed by atoms with Gasteiger partial charge in [-0.25, -0.2) is 0 Å². The predicted molar refractivity (Wildman–Crippen MR) is 104 cm³/mol. The number of amides is 1. The minimum absolute atomic E-state index is 0.124. The van der Waals surface area contributed by atoms with Crippen molar-refractivity contribution in [3.8, 4) is 0 Å². The molecule has 0 N–H and O–H groups in total. The SMILES string of the molecule is Cc1ccc2c(c1)C1(CCN([C@H]3CCOC3)CC1)CN2C(=O)CN(C)C. The molecule has 0 unspecified atom stereocenters. The van der Waals surface area contributed by atoms with Gasteiger partial charge in [0.05, 0.1) is 13.2 Å². The number of fused-ring (bicyclic) bond motifs is 2. The normalized spacial score (nSPS) is 25.2. The van der Waals surface area contributed by atoms with E-state index in [9.17, 15) is 4.79 Å². The number of rotatable bonds is 3. The van der Waals surface area contributed by atoms with Crippen LogP contribution in [0.25, 0.3) is 0 Å². The molecule has 142 valence electrons. The fraction of sp³-hybridized carbons (Fsp3) is 0.667. The smallest absolute Gasteiger partial charge is 0.241 e. The Morgan fingerprint density at radius 2 is 2.08 bits per heavy atom. The number of hydrogen-bond donors (Lipinski definition) is 0. The summed E-state index contributed by atoms with van der Waals surface area (Å²) in [4.78, 5) is 19.5. The van der Waals surface area contributed by atoms with E-state index < -0.39 is 0 Å². The van der Waals surface area contributed by atoms with Crippen LogP contribution in [0.2, 0.25) is 0 Å². The molecule has 26 heavy (non-hydrogen) atoms. The Balaban J connectivity index is 1.57. The van der Waals surface area contributed by atoms with Gasteiger partial charge in [-0.1, -0.05) is 17.7 Å². The number of likely N-dealkylation sites (N-methyl/N-ethyl adjacent to an activating group) is 1. The molecule has 4 rings (SSSR count). The summed E-state index contributed by atoms with van der Waals surface area (Å²) in [5, 5.41) is 0. The van der Waals surface area contributed by atoms with Gasteiger partial charge >= 0.3 is 0 Å². The highest BCUT2D eigenvalue weighted by Gasteiger charge is 2.47. The van der Waals surface area contributed by atoms with Crippen molar-refractivity contribution in [1.29, 1.82) is 0 Å². The highest BCUT2D eigenvalue weighted by atomic mass is 16.5. The maximum atomic E-state index is 12.9. The molecular formula is C21H31N3O2. The van der Waals surface area contributed by atoms with Crippen molar-refractivity contribution >= 4 is 11.6 Å². The van der Waals surface area contributed by atoms with Gasteiger partial charge in [-0.3, -0.25) is 9.69 Å². The van der Waals surface area contributed by atoms with Crippen LogP contribution in [0.15, 0.2) is 18.2 Å². The second-order valence-corrected chi connectivity index (χ2v) is 8.57. The van der Waals surface area contributed by atoms with Crippen molar-refractivity contribution in [3.63, 3.8) is 0 Å². The van der Waals surface area contributed by atoms with Crippen molar-refractivity contribution < 1.29 is 9.53 Å². The molecule has 2 fully saturated rings. The van der Waals surface area contributed by atoms with E-state index in [-0.39, 0.29) is 11.3 Å². The maximum absolute atomic E-state index is 12.9. The lowest BCUT2D eigenvalue weighted by molar-refractivity contribution is -0.119. The highest BCUT2D eigenvalue weighted by molar-refractivity contribution is 5.97. The number of likely N-dealkylation sites (tertiary alicyclic amines) is 1. The Morgan fingerprint density at radius 1 is 1.31 bits per heavy atom. The van der Waals surface area contributed by atoms with E-state index in [1.165, 1.54) is 11.1 Å². The molecule has 2 saturated heterocycles. The average molecular weight is 357 g/mol. The first-order chi connectivity index (χ1) is 12.5. The molecule has 1 spiro atoms. The zero-order valence-electron chi connectivity index (χ0n) is 16.3. The summed E-state index contributed by atoms with van der Waals surface area (Å²) in [5.74, 6) is 0.212. The molecule has 0 aliphatic carbocycles. The minimum Gasteiger partial charge on any atom is -0.380 e. The fourth-order valence-corrected chi connectivity index (χ4v) is 4.92. The van der Waals surface area contributed by atoms with Crippen LogP contribution in [0.1, 0.15) is 30.4 Å². The van der Waals surface area contributed by atoms with Crippen molar-refractivity contribution in [2.45, 2.75) is 37.6 Å². The molecule has 3 heterocycles. The van der Waals surface area contributed by atoms with Crippen LogP contribution in [0, 0.1) is 6.92 Å². The monoisotopic (exact) mass is 357 g/mol. The van der Waals surface area contributed by atoms with Gasteiger partial charge in [0.1, 0.15) is 0 Å². The summed E-state index contributed by atoms with van der Waals surface area (Å²) < 4.78 is 5.59. The second kappa shape index (κ2) is 6.95. The Morgan fingerprint density at radius 3 is 2.73 bits per heavy atom. The molecule has 1 amide bonds. The summed E-state index contributed by atoms with van der Waals surface area (Å²) in [6.45, 7) is 7.47. The van der Waals surface area contributed by atoms with Gasteiger partial charge in [-0.2, -0.15) is 0 Å². The third kappa shape index (κ3) is 3.17. The molecule has 0 saturated carbocycles. The molecule has 3 aliphatic rings. The third-order valence-corrected chi connectivity index (χ3v) is 6.40. The molecule has 0 aromatic heterocycles. The van der Waals surface area contributed by atoms with Crippen LogP contribution < -0.4 is 4.90 Å². The molecule has 1 atom stereocenters. The Labute approximate surface area is 156 Å². The van der Waals surface area contributed by atoms with E-state index in [2.05, 4.69) is 30.0 Å². The number of piperidine rings is 1. The number of benzene rings is 1. The molecule has 0 bridgehead atoms. The third-order valence-electron chi connectivity index (χ3n) is 6.40. The summed E-state index contributed by atoms with van der Waals surface area (Å²) in [6.07, 6.45) is 3.42. The van der Waals surface area contributed by atoms with Gasteiger partial charge in [0.25, 0.3) is 0 Å². The van der Waals surface area contributed by atoms with E-state index in [0.29, 0.717) is 12.6 Å². The van der Waals surface area contributed by atoms with Crippen LogP contribution in [0.4, 0.5) is 5.69 Å². The summed E-state index contributed by atoms with van der Waals surface area (Å²) in [6, 6.07) is 7.22. The van der Waals surface area contributed by atoms with Gasteiger partial charge in [0.2, 0.25) is 5.91 Å². The van der Waals surface area contributed by atoms with E-state index in [4.69, 9.17) is 4.74 Å². The average Bonchev–Trinajstić information content (AvgIpc) is 3.23. The lowest BCUT2D eigenvalue weighted by Gasteiger charge is -2.42. The standard InChI is InChI=1S/C21H31N3O2/c1-16-4-5-19-18(12-16)21(15-24(19)20(25)13-22(2)3)7-9-23(10-8-21)17-6-11-26-14-17/h4-5,12,17H,6-11,13-15H2,1-3H3/t17-/m0/s1. The Hall–Kier alpha value is -1.43. The van der Waals surface area contributed by atoms with Crippen molar-refractivity contribution in [3.05, 3.63) is 29.3 Å². The molecule has 3 aliphatic heterocycles. The van der Waals surface area contributed by atoms with E-state index in [0.717, 1.165) is 57.8 Å². The summed E-state index contributed by atoms with van der Waals surface area (Å²) in [5.41, 5.74) is 3.95. The number of nitrogens with zero attached hydrogens (tertiary/aromatic N) is 3. The lowest BCUT2D eigenvalue weighted by Crippen LogP contribution is -2.49. The number of carbonyl (C=O) groups excluding carboxylic acids is 1. The van der Waals surface area contributed by atoms with E-state index in [1.807, 2.05) is 23.9 Å². The zero-order chi connectivity index (χ0) is 18.3.